The van der Waals surface area contributed by atoms with Crippen LogP contribution in [-0.4, -0.2) is 9.55 Å². The molecule has 0 aliphatic heterocycles. The van der Waals surface area contributed by atoms with E-state index in [1.165, 1.54) is 34.7 Å². The van der Waals surface area contributed by atoms with Crippen molar-refractivity contribution in [1.29, 1.82) is 0 Å². The molecule has 0 unspecified atom stereocenters. The van der Waals surface area contributed by atoms with Crippen molar-refractivity contribution in [2.75, 3.05) is 0 Å². The summed E-state index contributed by atoms with van der Waals surface area (Å²) in [5.74, 6) is 0.636. The van der Waals surface area contributed by atoms with Gasteiger partial charge in [0.25, 0.3) is 0 Å². The van der Waals surface area contributed by atoms with Gasteiger partial charge >= 0.3 is 4.87 Å². The van der Waals surface area contributed by atoms with Crippen molar-refractivity contribution >= 4 is 22.7 Å². The summed E-state index contributed by atoms with van der Waals surface area (Å²) in [6.45, 7) is 0.513. The Labute approximate surface area is 129 Å². The minimum Gasteiger partial charge on any atom is -0.443 e. The van der Waals surface area contributed by atoms with Crippen LogP contribution in [0.1, 0.15) is 29.1 Å². The van der Waals surface area contributed by atoms with Gasteiger partial charge in [0.2, 0.25) is 5.89 Å². The van der Waals surface area contributed by atoms with Crippen LogP contribution in [0, 0.1) is 0 Å². The smallest absolute Gasteiger partial charge is 0.307 e. The number of rotatable bonds is 3. The van der Waals surface area contributed by atoms with Crippen LogP contribution >= 0.6 is 22.7 Å². The van der Waals surface area contributed by atoms with E-state index in [2.05, 4.69) is 4.98 Å². The first-order chi connectivity index (χ1) is 10.3. The second-order valence-corrected chi connectivity index (χ2v) is 7.15. The SMILES string of the molecule is O=c1sc2c(n1Cc1coc(-c3cccs3)n1)CCCC2. The van der Waals surface area contributed by atoms with Crippen molar-refractivity contribution in [1.82, 2.24) is 9.55 Å². The predicted octanol–water partition coefficient (Wildman–Crippen LogP) is 3.55. The molecule has 108 valence electrons. The molecule has 4 rings (SSSR count). The molecule has 3 aromatic rings. The fraction of sp³-hybridized carbons (Fsp3) is 0.333. The Morgan fingerprint density at radius 2 is 2.24 bits per heavy atom. The number of hydrogen-bond acceptors (Lipinski definition) is 5. The first-order valence-corrected chi connectivity index (χ1v) is 8.70. The fourth-order valence-electron chi connectivity index (χ4n) is 2.74. The van der Waals surface area contributed by atoms with Gasteiger partial charge in [-0.25, -0.2) is 4.98 Å². The Morgan fingerprint density at radius 3 is 3.10 bits per heavy atom. The summed E-state index contributed by atoms with van der Waals surface area (Å²) in [5.41, 5.74) is 2.02. The topological polar surface area (TPSA) is 48.0 Å². The van der Waals surface area contributed by atoms with E-state index in [0.29, 0.717) is 12.4 Å². The van der Waals surface area contributed by atoms with E-state index < -0.39 is 0 Å². The van der Waals surface area contributed by atoms with E-state index in [-0.39, 0.29) is 4.87 Å². The lowest BCUT2D eigenvalue weighted by molar-refractivity contribution is 0.570. The Bertz CT molecular complexity index is 811. The lowest BCUT2D eigenvalue weighted by atomic mass is 10.0. The molecule has 1 aliphatic rings. The number of nitrogens with zero attached hydrogens (tertiary/aromatic N) is 2. The number of thiazole rings is 1. The third-order valence-electron chi connectivity index (χ3n) is 3.75. The maximum absolute atomic E-state index is 12.2. The lowest BCUT2D eigenvalue weighted by Gasteiger charge is -2.12. The first kappa shape index (κ1) is 13.0. The molecule has 0 bridgehead atoms. The van der Waals surface area contributed by atoms with Crippen molar-refractivity contribution < 1.29 is 4.42 Å². The molecule has 1 aliphatic carbocycles. The summed E-state index contributed by atoms with van der Waals surface area (Å²) in [6, 6.07) is 3.96. The van der Waals surface area contributed by atoms with Gasteiger partial charge in [0.1, 0.15) is 6.26 Å². The van der Waals surface area contributed by atoms with E-state index >= 15 is 0 Å². The predicted molar refractivity (Wildman–Crippen MR) is 84.1 cm³/mol. The zero-order chi connectivity index (χ0) is 14.2. The van der Waals surface area contributed by atoms with Gasteiger partial charge in [0, 0.05) is 10.6 Å². The molecule has 0 saturated carbocycles. The van der Waals surface area contributed by atoms with E-state index in [0.717, 1.165) is 23.4 Å². The lowest BCUT2D eigenvalue weighted by Crippen LogP contribution is -2.18. The molecule has 6 heteroatoms. The highest BCUT2D eigenvalue weighted by Gasteiger charge is 2.19. The molecular weight excluding hydrogens is 304 g/mol. The van der Waals surface area contributed by atoms with Gasteiger partial charge in [-0.3, -0.25) is 9.36 Å². The molecule has 0 fully saturated rings. The largest absolute Gasteiger partial charge is 0.443 e. The van der Waals surface area contributed by atoms with Gasteiger partial charge < -0.3 is 4.42 Å². The number of fused-ring (bicyclic) bond motifs is 1. The summed E-state index contributed by atoms with van der Waals surface area (Å²) in [6.07, 6.45) is 6.07. The molecule has 0 aromatic carbocycles. The van der Waals surface area contributed by atoms with Crippen molar-refractivity contribution in [3.63, 3.8) is 0 Å². The van der Waals surface area contributed by atoms with Crippen molar-refractivity contribution in [3.05, 3.63) is 49.7 Å². The number of oxazole rings is 1. The zero-order valence-corrected chi connectivity index (χ0v) is 13.0. The molecular formula is C15H14N2O2S2. The van der Waals surface area contributed by atoms with Crippen LogP contribution in [0.3, 0.4) is 0 Å². The monoisotopic (exact) mass is 318 g/mol. The maximum Gasteiger partial charge on any atom is 0.307 e. The Balaban J connectivity index is 1.65. The Morgan fingerprint density at radius 1 is 1.33 bits per heavy atom. The molecule has 0 atom stereocenters. The van der Waals surface area contributed by atoms with Gasteiger partial charge in [-0.05, 0) is 37.1 Å². The van der Waals surface area contributed by atoms with Crippen molar-refractivity contribution in [3.8, 4) is 10.8 Å². The van der Waals surface area contributed by atoms with Crippen LogP contribution in [0.5, 0.6) is 0 Å². The maximum atomic E-state index is 12.2. The van der Waals surface area contributed by atoms with Gasteiger partial charge in [0.15, 0.2) is 0 Å². The molecule has 0 N–H and O–H groups in total. The molecule has 3 aromatic heterocycles. The van der Waals surface area contributed by atoms with Crippen LogP contribution in [0.4, 0.5) is 0 Å². The summed E-state index contributed by atoms with van der Waals surface area (Å²) in [5, 5.41) is 2.00. The molecule has 21 heavy (non-hydrogen) atoms. The van der Waals surface area contributed by atoms with E-state index in [4.69, 9.17) is 4.42 Å². The van der Waals surface area contributed by atoms with Crippen LogP contribution < -0.4 is 4.87 Å². The normalized spacial score (nSPS) is 14.3. The molecule has 0 spiro atoms. The van der Waals surface area contributed by atoms with Crippen LogP contribution in [-0.2, 0) is 19.4 Å². The summed E-state index contributed by atoms with van der Waals surface area (Å²) in [7, 11) is 0. The van der Waals surface area contributed by atoms with E-state index in [1.807, 2.05) is 22.1 Å². The first-order valence-electron chi connectivity index (χ1n) is 7.01. The summed E-state index contributed by atoms with van der Waals surface area (Å²) in [4.78, 5) is 19.1. The third kappa shape index (κ3) is 2.38. The minimum atomic E-state index is 0.127. The van der Waals surface area contributed by atoms with Gasteiger partial charge in [-0.1, -0.05) is 17.4 Å². The van der Waals surface area contributed by atoms with E-state index in [9.17, 15) is 4.79 Å². The van der Waals surface area contributed by atoms with Gasteiger partial charge in [-0.2, -0.15) is 0 Å². The standard InChI is InChI=1S/C15H14N2O2S2/c18-15-17(11-4-1-2-5-12(11)21-15)8-10-9-19-14(16-10)13-6-3-7-20-13/h3,6-7,9H,1-2,4-5,8H2. The highest BCUT2D eigenvalue weighted by atomic mass is 32.1. The molecule has 0 amide bonds. The minimum absolute atomic E-state index is 0.127. The van der Waals surface area contributed by atoms with Gasteiger partial charge in [0.05, 0.1) is 17.1 Å². The van der Waals surface area contributed by atoms with E-state index in [1.54, 1.807) is 17.6 Å². The number of aryl methyl sites for hydroxylation is 1. The number of aromatic nitrogens is 2. The second kappa shape index (κ2) is 5.27. The molecule has 3 heterocycles. The average Bonchev–Trinajstić information content (AvgIpc) is 3.20. The highest BCUT2D eigenvalue weighted by Crippen LogP contribution is 2.26. The quantitative estimate of drug-likeness (QED) is 0.742. The van der Waals surface area contributed by atoms with Crippen molar-refractivity contribution in [2.45, 2.75) is 32.2 Å². The fourth-order valence-corrected chi connectivity index (χ4v) is 4.47. The van der Waals surface area contributed by atoms with Crippen LogP contribution in [0.15, 0.2) is 33.0 Å². The number of hydrogen-bond donors (Lipinski definition) is 0. The Hall–Kier alpha value is -1.66. The average molecular weight is 318 g/mol. The molecule has 4 nitrogen and oxygen atoms in total. The van der Waals surface area contributed by atoms with Crippen LogP contribution in [0.2, 0.25) is 0 Å². The zero-order valence-electron chi connectivity index (χ0n) is 11.4. The summed E-state index contributed by atoms with van der Waals surface area (Å²) >= 11 is 2.99. The highest BCUT2D eigenvalue weighted by molar-refractivity contribution is 7.13. The number of thiophene rings is 1. The Kier molecular flexibility index (Phi) is 3.27. The third-order valence-corrected chi connectivity index (χ3v) is 5.69. The summed E-state index contributed by atoms with van der Waals surface area (Å²) < 4.78 is 7.40. The molecule has 0 saturated heterocycles. The van der Waals surface area contributed by atoms with Crippen molar-refractivity contribution in [2.24, 2.45) is 0 Å². The second-order valence-electron chi connectivity index (χ2n) is 5.15. The van der Waals surface area contributed by atoms with Gasteiger partial charge in [-0.15, -0.1) is 11.3 Å². The van der Waals surface area contributed by atoms with Crippen LogP contribution in [0.25, 0.3) is 10.8 Å². The molecule has 0 radical (unpaired) electrons.